The zero-order valence-corrected chi connectivity index (χ0v) is 20.6. The molecule has 3 rings (SSSR count). The van der Waals surface area contributed by atoms with E-state index in [1.165, 1.54) is 34.5 Å². The van der Waals surface area contributed by atoms with E-state index in [0.717, 1.165) is 36.0 Å². The van der Waals surface area contributed by atoms with Gasteiger partial charge in [0.05, 0.1) is 18.0 Å². The summed E-state index contributed by atoms with van der Waals surface area (Å²) in [4.78, 5) is 12.7. The van der Waals surface area contributed by atoms with Crippen LogP contribution in [0.4, 0.5) is 5.69 Å². The van der Waals surface area contributed by atoms with Crippen molar-refractivity contribution in [2.24, 2.45) is 0 Å². The van der Waals surface area contributed by atoms with Crippen LogP contribution in [0.15, 0.2) is 36.4 Å². The van der Waals surface area contributed by atoms with E-state index in [4.69, 9.17) is 0 Å². The number of fused-ring (bicyclic) bond motifs is 1. The Morgan fingerprint density at radius 2 is 1.75 bits per heavy atom. The minimum absolute atomic E-state index is 0.0134. The van der Waals surface area contributed by atoms with E-state index in [1.807, 2.05) is 32.0 Å². The second kappa shape index (κ2) is 10.5. The Labute approximate surface area is 193 Å². The van der Waals surface area contributed by atoms with E-state index in [1.54, 1.807) is 0 Å². The van der Waals surface area contributed by atoms with E-state index < -0.39 is 10.0 Å². The minimum Gasteiger partial charge on any atom is -0.349 e. The molecule has 0 saturated heterocycles. The van der Waals surface area contributed by atoms with Crippen LogP contribution in [0, 0.1) is 13.8 Å². The number of sulfonamides is 1. The van der Waals surface area contributed by atoms with Crippen molar-refractivity contribution in [2.45, 2.75) is 71.8 Å². The van der Waals surface area contributed by atoms with Gasteiger partial charge in [-0.05, 0) is 92.3 Å². The lowest BCUT2D eigenvalue weighted by Gasteiger charge is -2.24. The fourth-order valence-electron chi connectivity index (χ4n) is 4.41. The van der Waals surface area contributed by atoms with Crippen molar-refractivity contribution < 1.29 is 13.2 Å². The maximum atomic E-state index is 12.7. The van der Waals surface area contributed by atoms with Crippen LogP contribution in [0.5, 0.6) is 0 Å². The maximum Gasteiger partial charge on any atom is 0.232 e. The van der Waals surface area contributed by atoms with Gasteiger partial charge in [-0.1, -0.05) is 31.2 Å². The fraction of sp³-hybridized carbons (Fsp3) is 0.500. The number of hydrogen-bond donors (Lipinski definition) is 1. The van der Waals surface area contributed by atoms with Crippen molar-refractivity contribution in [3.63, 3.8) is 0 Å². The number of rotatable bonds is 9. The molecule has 1 aliphatic carbocycles. The zero-order valence-electron chi connectivity index (χ0n) is 19.8. The van der Waals surface area contributed by atoms with Crippen molar-refractivity contribution in [3.05, 3.63) is 64.2 Å². The molecule has 0 saturated carbocycles. The molecule has 2 aromatic carbocycles. The lowest BCUT2D eigenvalue weighted by Crippen LogP contribution is -2.33. The van der Waals surface area contributed by atoms with Gasteiger partial charge in [0.2, 0.25) is 15.9 Å². The molecule has 1 aliphatic rings. The zero-order chi connectivity index (χ0) is 23.3. The smallest absolute Gasteiger partial charge is 0.232 e. The van der Waals surface area contributed by atoms with Gasteiger partial charge >= 0.3 is 0 Å². The van der Waals surface area contributed by atoms with Crippen LogP contribution in [-0.2, 0) is 27.7 Å². The molecule has 0 spiro atoms. The van der Waals surface area contributed by atoms with E-state index in [2.05, 4.69) is 30.4 Å². The first-order valence-corrected chi connectivity index (χ1v) is 13.5. The molecule has 1 atom stereocenters. The molecule has 0 fully saturated rings. The molecule has 1 N–H and O–H groups in total. The topological polar surface area (TPSA) is 66.5 Å². The molecule has 0 heterocycles. The summed E-state index contributed by atoms with van der Waals surface area (Å²) in [6, 6.07) is 12.2. The van der Waals surface area contributed by atoms with E-state index in [-0.39, 0.29) is 24.9 Å². The maximum absolute atomic E-state index is 12.7. The molecule has 0 aromatic heterocycles. The average molecular weight is 457 g/mol. The summed E-state index contributed by atoms with van der Waals surface area (Å²) in [6.45, 7) is 6.33. The average Bonchev–Trinajstić information content (AvgIpc) is 2.76. The van der Waals surface area contributed by atoms with Gasteiger partial charge in [0.25, 0.3) is 0 Å². The first-order valence-electron chi connectivity index (χ1n) is 11.6. The predicted molar refractivity (Wildman–Crippen MR) is 132 cm³/mol. The number of amides is 1. The Hall–Kier alpha value is -2.34. The number of carbonyl (C=O) groups excluding carboxylic acids is 1. The number of benzene rings is 2. The summed E-state index contributed by atoms with van der Waals surface area (Å²) in [5.41, 5.74) is 6.83. The van der Waals surface area contributed by atoms with Crippen LogP contribution in [0.1, 0.15) is 72.9 Å². The van der Waals surface area contributed by atoms with Gasteiger partial charge in [0.15, 0.2) is 0 Å². The van der Waals surface area contributed by atoms with Gasteiger partial charge in [-0.15, -0.1) is 0 Å². The molecular weight excluding hydrogens is 420 g/mol. The monoisotopic (exact) mass is 456 g/mol. The summed E-state index contributed by atoms with van der Waals surface area (Å²) >= 11 is 0. The molecule has 6 heteroatoms. The fourth-order valence-corrected chi connectivity index (χ4v) is 5.37. The third kappa shape index (κ3) is 6.12. The molecular formula is C26H36N2O3S. The second-order valence-corrected chi connectivity index (χ2v) is 10.9. The molecule has 174 valence electrons. The van der Waals surface area contributed by atoms with Crippen molar-refractivity contribution >= 4 is 21.6 Å². The Kier molecular flexibility index (Phi) is 7.99. The molecule has 5 nitrogen and oxygen atoms in total. The summed E-state index contributed by atoms with van der Waals surface area (Å²) in [7, 11) is -3.42. The van der Waals surface area contributed by atoms with Gasteiger partial charge < -0.3 is 5.32 Å². The van der Waals surface area contributed by atoms with Crippen molar-refractivity contribution in [2.75, 3.05) is 17.1 Å². The standard InChI is InChI=1S/C26H36N2O3S/c1-5-25(23-14-13-21-9-6-7-10-22(21)18-23)27-26(29)11-8-16-28(32(4,30)31)24-15-12-19(2)20(3)17-24/h12-15,17-18,25H,5-11,16H2,1-4H3,(H,27,29). The van der Waals surface area contributed by atoms with Crippen LogP contribution in [-0.4, -0.2) is 27.1 Å². The third-order valence-corrected chi connectivity index (χ3v) is 7.66. The Morgan fingerprint density at radius 3 is 2.41 bits per heavy atom. The highest BCUT2D eigenvalue weighted by Crippen LogP contribution is 2.26. The number of nitrogens with zero attached hydrogens (tertiary/aromatic N) is 1. The van der Waals surface area contributed by atoms with Crippen LogP contribution in [0.25, 0.3) is 0 Å². The molecule has 0 radical (unpaired) electrons. The molecule has 0 bridgehead atoms. The number of anilines is 1. The van der Waals surface area contributed by atoms with Crippen LogP contribution in [0.3, 0.4) is 0 Å². The van der Waals surface area contributed by atoms with Crippen molar-refractivity contribution in [1.29, 1.82) is 0 Å². The largest absolute Gasteiger partial charge is 0.349 e. The predicted octanol–water partition coefficient (Wildman–Crippen LogP) is 5.00. The Bertz CT molecular complexity index is 1060. The normalized spacial score (nSPS) is 14.5. The second-order valence-electron chi connectivity index (χ2n) is 8.97. The lowest BCUT2D eigenvalue weighted by molar-refractivity contribution is -0.121. The van der Waals surface area contributed by atoms with Crippen molar-refractivity contribution in [3.8, 4) is 0 Å². The Morgan fingerprint density at radius 1 is 1.03 bits per heavy atom. The van der Waals surface area contributed by atoms with Gasteiger partial charge in [-0.3, -0.25) is 9.10 Å². The lowest BCUT2D eigenvalue weighted by atomic mass is 9.89. The number of hydrogen-bond acceptors (Lipinski definition) is 3. The highest BCUT2D eigenvalue weighted by molar-refractivity contribution is 7.92. The first kappa shape index (κ1) is 24.3. The molecule has 0 aliphatic heterocycles. The van der Waals surface area contributed by atoms with E-state index >= 15 is 0 Å². The number of carbonyl (C=O) groups is 1. The van der Waals surface area contributed by atoms with Gasteiger partial charge in [0, 0.05) is 13.0 Å². The van der Waals surface area contributed by atoms with E-state index in [0.29, 0.717) is 12.1 Å². The molecule has 2 aromatic rings. The quantitative estimate of drug-likeness (QED) is 0.578. The molecule has 32 heavy (non-hydrogen) atoms. The van der Waals surface area contributed by atoms with Crippen molar-refractivity contribution in [1.82, 2.24) is 5.32 Å². The highest BCUT2D eigenvalue weighted by atomic mass is 32.2. The van der Waals surface area contributed by atoms with Crippen LogP contribution >= 0.6 is 0 Å². The van der Waals surface area contributed by atoms with E-state index in [9.17, 15) is 13.2 Å². The Balaban J connectivity index is 1.60. The summed E-state index contributed by atoms with van der Waals surface area (Å²) in [6.07, 6.45) is 7.55. The van der Waals surface area contributed by atoms with Gasteiger partial charge in [-0.2, -0.15) is 0 Å². The summed E-state index contributed by atoms with van der Waals surface area (Å²) in [5.74, 6) is -0.0388. The third-order valence-electron chi connectivity index (χ3n) is 6.46. The van der Waals surface area contributed by atoms with Gasteiger partial charge in [-0.25, -0.2) is 8.42 Å². The SMILES string of the molecule is CCC(NC(=O)CCCN(c1ccc(C)c(C)c1)S(C)(=O)=O)c1ccc2c(c1)CCCC2. The first-order chi connectivity index (χ1) is 15.2. The van der Waals surface area contributed by atoms with Crippen LogP contribution < -0.4 is 9.62 Å². The molecule has 1 unspecified atom stereocenters. The van der Waals surface area contributed by atoms with Gasteiger partial charge in [0.1, 0.15) is 0 Å². The van der Waals surface area contributed by atoms with Crippen LogP contribution in [0.2, 0.25) is 0 Å². The molecule has 1 amide bonds. The minimum atomic E-state index is -3.42. The number of nitrogens with one attached hydrogen (secondary N) is 1. The summed E-state index contributed by atoms with van der Waals surface area (Å²) in [5, 5.41) is 3.15. The number of aryl methyl sites for hydroxylation is 4. The summed E-state index contributed by atoms with van der Waals surface area (Å²) < 4.78 is 26.1. The highest BCUT2D eigenvalue weighted by Gasteiger charge is 2.20.